The van der Waals surface area contributed by atoms with E-state index in [9.17, 15) is 0 Å². The van der Waals surface area contributed by atoms with Gasteiger partial charge in [0.25, 0.3) is 0 Å². The average Bonchev–Trinajstić information content (AvgIpc) is 2.87. The number of hydrogen-bond acceptors (Lipinski definition) is 1. The molecule has 3 aromatic rings. The van der Waals surface area contributed by atoms with Gasteiger partial charge in [-0.2, -0.15) is 0 Å². The second-order valence-electron chi connectivity index (χ2n) is 12.3. The molecule has 0 N–H and O–H groups in total. The van der Waals surface area contributed by atoms with Crippen LogP contribution in [0.5, 0.6) is 0 Å². The fraction of sp³-hybridized carbons (Fsp3) is 0.394. The van der Waals surface area contributed by atoms with Gasteiger partial charge in [0.15, 0.2) is 0 Å². The monoisotopic (exact) mass is 770 g/mol. The van der Waals surface area contributed by atoms with Crippen molar-refractivity contribution in [1.82, 2.24) is 0 Å². The summed E-state index contributed by atoms with van der Waals surface area (Å²) in [6.45, 7) is 18.8. The maximum atomic E-state index is 7.33. The van der Waals surface area contributed by atoms with E-state index in [1.807, 2.05) is 0 Å². The third-order valence-corrected chi connectivity index (χ3v) is 24.7. The van der Waals surface area contributed by atoms with E-state index in [2.05, 4.69) is 196 Å². The van der Waals surface area contributed by atoms with E-state index in [-0.39, 0.29) is 11.1 Å². The molecular weight excluding hydrogens is 725 g/mol. The third kappa shape index (κ3) is 6.67. The van der Waals surface area contributed by atoms with Crippen molar-refractivity contribution in [1.29, 1.82) is 0 Å². The van der Waals surface area contributed by atoms with Crippen LogP contribution in [0.4, 0.5) is 0 Å². The quantitative estimate of drug-likeness (QED) is 0.140. The van der Waals surface area contributed by atoms with Gasteiger partial charge in [-0.05, 0) is 0 Å². The Morgan fingerprint density at radius 1 is 0.842 bits per heavy atom. The summed E-state index contributed by atoms with van der Waals surface area (Å²) in [4.78, 5) is 0. The van der Waals surface area contributed by atoms with Gasteiger partial charge in [0.05, 0.1) is 0 Å². The van der Waals surface area contributed by atoms with E-state index in [4.69, 9.17) is 4.43 Å². The molecule has 207 valence electrons. The average molecular weight is 771 g/mol. The molecular formula is C33H45I2OPSi-. The van der Waals surface area contributed by atoms with Gasteiger partial charge in [-0.15, -0.1) is 0 Å². The second-order valence-corrected chi connectivity index (χ2v) is 29.4. The Morgan fingerprint density at radius 3 is 1.53 bits per heavy atom. The summed E-state index contributed by atoms with van der Waals surface area (Å²) in [6, 6.07) is 33.8. The Hall–Kier alpha value is -0.533. The van der Waals surface area contributed by atoms with E-state index < -0.39 is 12.6 Å². The van der Waals surface area contributed by atoms with Crippen LogP contribution in [0, 0.1) is 11.8 Å². The Balaban J connectivity index is 2.28. The zero-order valence-electron chi connectivity index (χ0n) is 24.3. The van der Waals surface area contributed by atoms with E-state index in [0.29, 0.717) is 11.8 Å². The molecule has 5 heteroatoms. The normalized spacial score (nSPS) is 16.8. The van der Waals surface area contributed by atoms with Crippen molar-refractivity contribution < 1.29 is 26.5 Å². The molecule has 0 amide bonds. The Labute approximate surface area is 259 Å². The maximum absolute atomic E-state index is 7.33. The molecule has 0 aliphatic heterocycles. The molecule has 3 aromatic carbocycles. The standard InChI is InChI=1S/C33H45I2OPSi/c1-26(24-28(3)34)32(36-38(7,8)33(4,5)6)27(2)25-37(35,29-18-12-9-13-19-29,30-20-14-10-15-21-30)31-22-16-11-17-23-31/h9-24,26-27,32H,25H2,1-8H3/q-1/b28-24-/t26-,27-,32+/m0/s1. The van der Waals surface area contributed by atoms with Crippen molar-refractivity contribution in [2.45, 2.75) is 65.8 Å². The van der Waals surface area contributed by atoms with Crippen molar-refractivity contribution >= 4 is 51.1 Å². The van der Waals surface area contributed by atoms with Crippen molar-refractivity contribution in [2.24, 2.45) is 11.8 Å². The summed E-state index contributed by atoms with van der Waals surface area (Å²) < 4.78 is 5.76. The van der Waals surface area contributed by atoms with Gasteiger partial charge in [-0.3, -0.25) is 0 Å². The van der Waals surface area contributed by atoms with Crippen LogP contribution in [0.1, 0.15) is 41.5 Å². The molecule has 0 unspecified atom stereocenters. The first kappa shape index (κ1) is 32.0. The van der Waals surface area contributed by atoms with Crippen LogP contribution in [0.2, 0.25) is 18.1 Å². The number of allylic oxidation sites excluding steroid dienone is 1. The van der Waals surface area contributed by atoms with Crippen LogP contribution in [-0.4, -0.2) is 20.6 Å². The van der Waals surface area contributed by atoms with E-state index in [0.717, 1.165) is 6.16 Å². The number of rotatable bonds is 10. The molecule has 0 heterocycles. The fourth-order valence-corrected chi connectivity index (χ4v) is 17.3. The molecule has 3 rings (SSSR count). The van der Waals surface area contributed by atoms with Crippen molar-refractivity contribution in [2.75, 3.05) is 6.16 Å². The number of benzene rings is 3. The minimum absolute atomic E-state index is 0.132. The predicted molar refractivity (Wildman–Crippen MR) is 178 cm³/mol. The van der Waals surface area contributed by atoms with Crippen LogP contribution in [0.15, 0.2) is 101 Å². The van der Waals surface area contributed by atoms with Crippen LogP contribution in [-0.2, 0) is 4.43 Å². The molecule has 1 nitrogen and oxygen atoms in total. The molecule has 0 aliphatic carbocycles. The summed E-state index contributed by atoms with van der Waals surface area (Å²) in [5, 5.41) is 4.45. The van der Waals surface area contributed by atoms with E-state index in [1.54, 1.807) is 0 Å². The second kappa shape index (κ2) is 12.5. The Kier molecular flexibility index (Phi) is 10.6. The van der Waals surface area contributed by atoms with Gasteiger partial charge in [0.1, 0.15) is 0 Å². The number of halogens is 2. The predicted octanol–water partition coefficient (Wildman–Crippen LogP) is 5.99. The van der Waals surface area contributed by atoms with Crippen molar-refractivity contribution in [3.63, 3.8) is 0 Å². The van der Waals surface area contributed by atoms with Crippen LogP contribution >= 0.6 is 26.8 Å². The molecule has 0 aromatic heterocycles. The molecule has 0 fully saturated rings. The molecule has 0 spiro atoms. The van der Waals surface area contributed by atoms with Gasteiger partial charge >= 0.3 is 262 Å². The first-order valence-electron chi connectivity index (χ1n) is 13.6. The fourth-order valence-electron chi connectivity index (χ4n) is 5.34. The van der Waals surface area contributed by atoms with E-state index in [1.165, 1.54) is 19.5 Å². The topological polar surface area (TPSA) is 9.23 Å². The van der Waals surface area contributed by atoms with Crippen LogP contribution < -0.4 is 38.0 Å². The molecule has 0 bridgehead atoms. The van der Waals surface area contributed by atoms with Gasteiger partial charge in [0, 0.05) is 0 Å². The molecule has 3 atom stereocenters. The minimum atomic E-state index is -2.90. The Morgan fingerprint density at radius 2 is 1.21 bits per heavy atom. The van der Waals surface area contributed by atoms with Crippen molar-refractivity contribution in [3.05, 3.63) is 101 Å². The summed E-state index contributed by atoms with van der Waals surface area (Å²) in [5.74, 6) is 0.657. The zero-order valence-corrected chi connectivity index (χ0v) is 30.5. The zero-order chi connectivity index (χ0) is 28.2. The molecule has 0 aliphatic rings. The van der Waals surface area contributed by atoms with Crippen LogP contribution in [0.25, 0.3) is 0 Å². The SMILES string of the molecule is C/C(I)=C/[C@H](C)[C@@H](O[Si](C)(C)C(C)(C)C)[C@@H](C)CP([I-])(c1ccccc1)(c1ccccc1)c1ccccc1. The van der Waals surface area contributed by atoms with Gasteiger partial charge in [-0.1, -0.05) is 0 Å². The molecule has 0 saturated carbocycles. The third-order valence-electron chi connectivity index (χ3n) is 8.32. The summed E-state index contributed by atoms with van der Waals surface area (Å²) >= 11 is 5.38. The van der Waals surface area contributed by atoms with E-state index >= 15 is 0 Å². The molecule has 0 saturated heterocycles. The first-order valence-corrected chi connectivity index (χ1v) is 22.8. The van der Waals surface area contributed by atoms with Gasteiger partial charge < -0.3 is 0 Å². The molecule has 1 radical (unpaired) electrons. The Bertz CT molecular complexity index is 1100. The van der Waals surface area contributed by atoms with Crippen LogP contribution in [0.3, 0.4) is 0 Å². The van der Waals surface area contributed by atoms with Crippen molar-refractivity contribution in [3.8, 4) is 0 Å². The summed E-state index contributed by atoms with van der Waals surface area (Å²) in [5.41, 5.74) is 0. The van der Waals surface area contributed by atoms with Gasteiger partial charge in [-0.25, -0.2) is 0 Å². The summed E-state index contributed by atoms with van der Waals surface area (Å²) in [6.07, 6.45) is 3.58. The summed E-state index contributed by atoms with van der Waals surface area (Å²) in [7, 11) is -2.00. The van der Waals surface area contributed by atoms with Gasteiger partial charge in [0.2, 0.25) is 0 Å². The first-order chi connectivity index (χ1) is 17.7. The molecule has 38 heavy (non-hydrogen) atoms. The number of hydrogen-bond donors (Lipinski definition) is 0.